The molecule has 1 aromatic carbocycles. The number of benzene rings is 1. The highest BCUT2D eigenvalue weighted by molar-refractivity contribution is 9.10. The molecule has 1 unspecified atom stereocenters. The van der Waals surface area contributed by atoms with Gasteiger partial charge in [0.05, 0.1) is 5.02 Å². The van der Waals surface area contributed by atoms with Crippen molar-refractivity contribution in [2.24, 2.45) is 0 Å². The summed E-state index contributed by atoms with van der Waals surface area (Å²) in [4.78, 5) is 0.111. The summed E-state index contributed by atoms with van der Waals surface area (Å²) in [6.45, 7) is 1.94. The molecule has 0 amide bonds. The summed E-state index contributed by atoms with van der Waals surface area (Å²) in [6, 6.07) is 4.64. The zero-order valence-electron chi connectivity index (χ0n) is 9.79. The van der Waals surface area contributed by atoms with E-state index in [1.807, 2.05) is 6.92 Å². The molecule has 0 saturated carbocycles. The fourth-order valence-electron chi connectivity index (χ4n) is 1.45. The Morgan fingerprint density at radius 1 is 1.44 bits per heavy atom. The van der Waals surface area contributed by atoms with Crippen molar-refractivity contribution in [1.82, 2.24) is 4.72 Å². The fourth-order valence-corrected chi connectivity index (χ4v) is 4.40. The van der Waals surface area contributed by atoms with Crippen LogP contribution in [0.3, 0.4) is 0 Å². The lowest BCUT2D eigenvalue weighted by molar-refractivity contribution is 0.533. The Labute approximate surface area is 130 Å². The molecule has 0 aliphatic rings. The largest absolute Gasteiger partial charge is 0.242 e. The number of sulfonamides is 1. The average molecular weight is 420 g/mol. The fraction of sp³-hybridized carbons (Fsp3) is 0.455. The molecule has 102 valence electrons. The highest BCUT2D eigenvalue weighted by Crippen LogP contribution is 2.25. The smallest absolute Gasteiger partial charge is 0.208 e. The summed E-state index contributed by atoms with van der Waals surface area (Å²) in [6.07, 6.45) is 1.48. The van der Waals surface area contributed by atoms with Crippen LogP contribution in [0.1, 0.15) is 19.8 Å². The molecule has 0 aliphatic carbocycles. The van der Waals surface area contributed by atoms with Gasteiger partial charge in [0, 0.05) is 15.8 Å². The van der Waals surface area contributed by atoms with Crippen molar-refractivity contribution < 1.29 is 8.42 Å². The van der Waals surface area contributed by atoms with Crippen molar-refractivity contribution in [1.29, 1.82) is 0 Å². The normalized spacial score (nSPS) is 13.6. The molecule has 0 heterocycles. The minimum atomic E-state index is -3.56. The van der Waals surface area contributed by atoms with E-state index in [-0.39, 0.29) is 16.0 Å². The Bertz CT molecular complexity index is 508. The average Bonchev–Trinajstić information content (AvgIpc) is 2.27. The van der Waals surface area contributed by atoms with Gasteiger partial charge in [0.2, 0.25) is 10.0 Å². The van der Waals surface area contributed by atoms with Crippen LogP contribution in [-0.4, -0.2) is 19.8 Å². The Morgan fingerprint density at radius 2 is 2.11 bits per heavy atom. The molecule has 1 rings (SSSR count). The number of rotatable bonds is 6. The van der Waals surface area contributed by atoms with Crippen LogP contribution in [0.5, 0.6) is 0 Å². The first-order valence-electron chi connectivity index (χ1n) is 5.44. The van der Waals surface area contributed by atoms with Gasteiger partial charge in [-0.05, 0) is 31.0 Å². The molecule has 0 bridgehead atoms. The Morgan fingerprint density at radius 3 is 2.61 bits per heavy atom. The third-order valence-corrected chi connectivity index (χ3v) is 5.41. The molecule has 0 fully saturated rings. The van der Waals surface area contributed by atoms with Crippen LogP contribution in [0, 0.1) is 0 Å². The van der Waals surface area contributed by atoms with Crippen LogP contribution in [-0.2, 0) is 10.0 Å². The maximum absolute atomic E-state index is 12.2. The van der Waals surface area contributed by atoms with E-state index in [1.165, 1.54) is 6.07 Å². The van der Waals surface area contributed by atoms with Crippen LogP contribution < -0.4 is 4.72 Å². The zero-order valence-corrected chi connectivity index (χ0v) is 14.5. The first-order valence-corrected chi connectivity index (χ1v) is 9.21. The molecule has 0 aromatic heterocycles. The second-order valence-corrected chi connectivity index (χ2v) is 7.58. The topological polar surface area (TPSA) is 46.2 Å². The summed E-state index contributed by atoms with van der Waals surface area (Å²) in [5.74, 6) is 0. The summed E-state index contributed by atoms with van der Waals surface area (Å²) < 4.78 is 27.8. The predicted molar refractivity (Wildman–Crippen MR) is 82.0 cm³/mol. The van der Waals surface area contributed by atoms with Crippen LogP contribution >= 0.6 is 43.5 Å². The van der Waals surface area contributed by atoms with Gasteiger partial charge < -0.3 is 0 Å². The standard InChI is InChI=1S/C11H14Br2ClNO2S/c1-2-9(5-6-12)15-18(16,17)11-4-3-8(13)7-10(11)14/h3-4,7,9,15H,2,5-6H2,1H3. The molecule has 1 N–H and O–H groups in total. The number of hydrogen-bond acceptors (Lipinski definition) is 2. The monoisotopic (exact) mass is 417 g/mol. The molecule has 0 saturated heterocycles. The molecular weight excluding hydrogens is 405 g/mol. The van der Waals surface area contributed by atoms with Gasteiger partial charge in [0.15, 0.2) is 0 Å². The van der Waals surface area contributed by atoms with Gasteiger partial charge >= 0.3 is 0 Å². The number of alkyl halides is 1. The molecule has 18 heavy (non-hydrogen) atoms. The SMILES string of the molecule is CCC(CCBr)NS(=O)(=O)c1ccc(Br)cc1Cl. The second kappa shape index (κ2) is 7.24. The van der Waals surface area contributed by atoms with Gasteiger partial charge in [-0.3, -0.25) is 0 Å². The zero-order chi connectivity index (χ0) is 13.8. The molecule has 0 aliphatic heterocycles. The van der Waals surface area contributed by atoms with Crippen LogP contribution in [0.2, 0.25) is 5.02 Å². The second-order valence-electron chi connectivity index (χ2n) is 3.78. The highest BCUT2D eigenvalue weighted by Gasteiger charge is 2.21. The van der Waals surface area contributed by atoms with E-state index in [4.69, 9.17) is 11.6 Å². The number of nitrogens with one attached hydrogen (secondary N) is 1. The Hall–Kier alpha value is 0.380. The van der Waals surface area contributed by atoms with Crippen molar-refractivity contribution >= 4 is 53.5 Å². The lowest BCUT2D eigenvalue weighted by Gasteiger charge is -2.16. The predicted octanol–water partition coefficient (Wildman–Crippen LogP) is 3.94. The quantitative estimate of drug-likeness (QED) is 0.710. The lowest BCUT2D eigenvalue weighted by atomic mass is 10.2. The van der Waals surface area contributed by atoms with Crippen molar-refractivity contribution in [2.45, 2.75) is 30.7 Å². The maximum atomic E-state index is 12.2. The first-order chi connectivity index (χ1) is 8.40. The lowest BCUT2D eigenvalue weighted by Crippen LogP contribution is -2.34. The molecule has 1 atom stereocenters. The Kier molecular flexibility index (Phi) is 6.61. The molecule has 3 nitrogen and oxygen atoms in total. The van der Waals surface area contributed by atoms with E-state index in [0.717, 1.165) is 22.6 Å². The third kappa shape index (κ3) is 4.49. The van der Waals surface area contributed by atoms with Gasteiger partial charge in [0.25, 0.3) is 0 Å². The van der Waals surface area contributed by atoms with Gasteiger partial charge in [0.1, 0.15) is 4.90 Å². The van der Waals surface area contributed by atoms with E-state index in [1.54, 1.807) is 12.1 Å². The molecule has 0 radical (unpaired) electrons. The summed E-state index contributed by atoms with van der Waals surface area (Å²) in [5.41, 5.74) is 0. The molecule has 7 heteroatoms. The van der Waals surface area contributed by atoms with E-state index in [9.17, 15) is 8.42 Å². The van der Waals surface area contributed by atoms with Crippen molar-refractivity contribution in [3.8, 4) is 0 Å². The molecule has 1 aromatic rings. The number of hydrogen-bond donors (Lipinski definition) is 1. The van der Waals surface area contributed by atoms with E-state index in [0.29, 0.717) is 0 Å². The van der Waals surface area contributed by atoms with Gasteiger partial charge in [-0.2, -0.15) is 0 Å². The molecule has 0 spiro atoms. The highest BCUT2D eigenvalue weighted by atomic mass is 79.9. The van der Waals surface area contributed by atoms with Gasteiger partial charge in [-0.25, -0.2) is 13.1 Å². The minimum absolute atomic E-state index is 0.0888. The van der Waals surface area contributed by atoms with Crippen molar-refractivity contribution in [3.05, 3.63) is 27.7 Å². The maximum Gasteiger partial charge on any atom is 0.242 e. The minimum Gasteiger partial charge on any atom is -0.208 e. The summed E-state index contributed by atoms with van der Waals surface area (Å²) in [5, 5.41) is 0.966. The Balaban J connectivity index is 2.99. The van der Waals surface area contributed by atoms with Crippen molar-refractivity contribution in [2.75, 3.05) is 5.33 Å². The first kappa shape index (κ1) is 16.4. The van der Waals surface area contributed by atoms with Crippen LogP contribution in [0.4, 0.5) is 0 Å². The van der Waals surface area contributed by atoms with Gasteiger partial charge in [-0.15, -0.1) is 0 Å². The van der Waals surface area contributed by atoms with E-state index in [2.05, 4.69) is 36.6 Å². The van der Waals surface area contributed by atoms with E-state index < -0.39 is 10.0 Å². The summed E-state index contributed by atoms with van der Waals surface area (Å²) >= 11 is 12.5. The third-order valence-electron chi connectivity index (χ3n) is 2.46. The molecular formula is C11H14Br2ClNO2S. The number of halogens is 3. The van der Waals surface area contributed by atoms with Gasteiger partial charge in [-0.1, -0.05) is 50.4 Å². The van der Waals surface area contributed by atoms with Crippen LogP contribution in [0.25, 0.3) is 0 Å². The van der Waals surface area contributed by atoms with E-state index >= 15 is 0 Å². The van der Waals surface area contributed by atoms with Crippen molar-refractivity contribution in [3.63, 3.8) is 0 Å². The van der Waals surface area contributed by atoms with Crippen LogP contribution in [0.15, 0.2) is 27.6 Å². The summed E-state index contributed by atoms with van der Waals surface area (Å²) in [7, 11) is -3.56.